The molecular formula is C10H11ClO2. The zero-order chi connectivity index (χ0) is 10.0. The number of methoxy groups -OCH3 is 1. The van der Waals surface area contributed by atoms with Crippen molar-refractivity contribution in [2.24, 2.45) is 0 Å². The Labute approximate surface area is 82.5 Å². The van der Waals surface area contributed by atoms with Crippen LogP contribution in [0, 0.1) is 13.8 Å². The lowest BCUT2D eigenvalue weighted by Gasteiger charge is -2.10. The Hall–Kier alpha value is -1.02. The van der Waals surface area contributed by atoms with Crippen molar-refractivity contribution in [3.05, 3.63) is 28.8 Å². The van der Waals surface area contributed by atoms with E-state index in [-0.39, 0.29) is 0 Å². The monoisotopic (exact) mass is 198 g/mol. The molecule has 0 aromatic heterocycles. The number of benzene rings is 1. The molecule has 0 bridgehead atoms. The van der Waals surface area contributed by atoms with Crippen LogP contribution in [0.5, 0.6) is 5.75 Å². The Kier molecular flexibility index (Phi) is 2.94. The molecule has 0 amide bonds. The van der Waals surface area contributed by atoms with Gasteiger partial charge in [-0.2, -0.15) is 0 Å². The van der Waals surface area contributed by atoms with E-state index in [0.717, 1.165) is 16.9 Å². The highest BCUT2D eigenvalue weighted by Crippen LogP contribution is 2.26. The molecule has 0 unspecified atom stereocenters. The van der Waals surface area contributed by atoms with Crippen molar-refractivity contribution < 1.29 is 9.53 Å². The van der Waals surface area contributed by atoms with Crippen molar-refractivity contribution in [1.82, 2.24) is 0 Å². The molecule has 70 valence electrons. The van der Waals surface area contributed by atoms with Gasteiger partial charge in [0.25, 0.3) is 5.24 Å². The van der Waals surface area contributed by atoms with Gasteiger partial charge < -0.3 is 4.74 Å². The first-order valence-electron chi connectivity index (χ1n) is 3.92. The Bertz CT molecular complexity index is 345. The van der Waals surface area contributed by atoms with E-state index in [1.165, 1.54) is 0 Å². The first-order valence-corrected chi connectivity index (χ1v) is 4.29. The van der Waals surface area contributed by atoms with Gasteiger partial charge >= 0.3 is 0 Å². The molecule has 13 heavy (non-hydrogen) atoms. The number of halogens is 1. The molecule has 0 N–H and O–H groups in total. The van der Waals surface area contributed by atoms with E-state index >= 15 is 0 Å². The zero-order valence-corrected chi connectivity index (χ0v) is 8.61. The molecule has 1 rings (SSSR count). The van der Waals surface area contributed by atoms with Gasteiger partial charge in [-0.15, -0.1) is 0 Å². The summed E-state index contributed by atoms with van der Waals surface area (Å²) in [6, 6.07) is 3.53. The van der Waals surface area contributed by atoms with E-state index < -0.39 is 5.24 Å². The molecule has 3 heteroatoms. The minimum atomic E-state index is -0.448. The Morgan fingerprint density at radius 1 is 1.38 bits per heavy atom. The Morgan fingerprint density at radius 3 is 2.46 bits per heavy atom. The highest BCUT2D eigenvalue weighted by atomic mass is 35.5. The maximum atomic E-state index is 11.0. The second-order valence-electron chi connectivity index (χ2n) is 2.86. The largest absolute Gasteiger partial charge is 0.496 e. The molecule has 1 aromatic carbocycles. The molecule has 0 aliphatic rings. The second-order valence-corrected chi connectivity index (χ2v) is 3.21. The molecule has 0 heterocycles. The average Bonchev–Trinajstić information content (AvgIpc) is 2.04. The van der Waals surface area contributed by atoms with Gasteiger partial charge in [0.05, 0.1) is 7.11 Å². The first-order chi connectivity index (χ1) is 6.07. The van der Waals surface area contributed by atoms with Crippen LogP contribution >= 0.6 is 11.6 Å². The number of carbonyl (C=O) groups is 1. The smallest absolute Gasteiger partial charge is 0.252 e. The fourth-order valence-corrected chi connectivity index (χ4v) is 1.56. The van der Waals surface area contributed by atoms with E-state index in [1.54, 1.807) is 13.2 Å². The molecule has 2 nitrogen and oxygen atoms in total. The van der Waals surface area contributed by atoms with Gasteiger partial charge in [-0.1, -0.05) is 6.07 Å². The van der Waals surface area contributed by atoms with E-state index in [2.05, 4.69) is 0 Å². The van der Waals surface area contributed by atoms with Gasteiger partial charge in [0, 0.05) is 11.1 Å². The quantitative estimate of drug-likeness (QED) is 0.683. The van der Waals surface area contributed by atoms with Crippen LogP contribution in [0.25, 0.3) is 0 Å². The van der Waals surface area contributed by atoms with Gasteiger partial charge in [-0.3, -0.25) is 4.79 Å². The van der Waals surface area contributed by atoms with Crippen molar-refractivity contribution in [2.75, 3.05) is 7.11 Å². The normalized spacial score (nSPS) is 9.85. The maximum Gasteiger partial charge on any atom is 0.252 e. The van der Waals surface area contributed by atoms with Gasteiger partial charge in [-0.25, -0.2) is 0 Å². The number of carbonyl (C=O) groups excluding carboxylic acids is 1. The Balaban J connectivity index is 3.35. The fraction of sp³-hybridized carbons (Fsp3) is 0.300. The summed E-state index contributed by atoms with van der Waals surface area (Å²) < 4.78 is 5.16. The number of hydrogen-bond acceptors (Lipinski definition) is 2. The number of rotatable bonds is 2. The molecule has 0 saturated carbocycles. The van der Waals surface area contributed by atoms with Crippen LogP contribution < -0.4 is 4.74 Å². The number of aryl methyl sites for hydroxylation is 1. The van der Waals surface area contributed by atoms with Crippen LogP contribution in [0.1, 0.15) is 21.5 Å². The molecule has 0 aliphatic carbocycles. The van der Waals surface area contributed by atoms with Gasteiger partial charge in [0.1, 0.15) is 5.75 Å². The summed E-state index contributed by atoms with van der Waals surface area (Å²) in [5.41, 5.74) is 2.30. The molecule has 0 radical (unpaired) electrons. The standard InChI is InChI=1S/C10H11ClO2/c1-6-4-5-8(10(11)12)7(2)9(6)13-3/h4-5H,1-3H3. The Morgan fingerprint density at radius 2 is 2.00 bits per heavy atom. The lowest BCUT2D eigenvalue weighted by molar-refractivity contribution is 0.108. The third-order valence-corrected chi connectivity index (χ3v) is 2.22. The molecule has 0 aliphatic heterocycles. The van der Waals surface area contributed by atoms with E-state index in [0.29, 0.717) is 5.56 Å². The first kappa shape index (κ1) is 10.1. The van der Waals surface area contributed by atoms with Gasteiger partial charge in [0.2, 0.25) is 0 Å². The number of ether oxygens (including phenoxy) is 1. The molecular weight excluding hydrogens is 188 g/mol. The molecule has 1 aromatic rings. The predicted octanol–water partition coefficient (Wildman–Crippen LogP) is 2.69. The minimum Gasteiger partial charge on any atom is -0.496 e. The van der Waals surface area contributed by atoms with Crippen LogP contribution in [0.2, 0.25) is 0 Å². The van der Waals surface area contributed by atoms with Crippen molar-refractivity contribution in [3.8, 4) is 5.75 Å². The van der Waals surface area contributed by atoms with Crippen LogP contribution in [-0.4, -0.2) is 12.4 Å². The average molecular weight is 199 g/mol. The highest BCUT2D eigenvalue weighted by Gasteiger charge is 2.11. The van der Waals surface area contributed by atoms with Crippen molar-refractivity contribution >= 4 is 16.8 Å². The van der Waals surface area contributed by atoms with Crippen LogP contribution in [0.3, 0.4) is 0 Å². The van der Waals surface area contributed by atoms with Gasteiger partial charge in [-0.05, 0) is 37.1 Å². The third kappa shape index (κ3) is 1.83. The van der Waals surface area contributed by atoms with E-state index in [1.807, 2.05) is 19.9 Å². The van der Waals surface area contributed by atoms with E-state index in [4.69, 9.17) is 16.3 Å². The summed E-state index contributed by atoms with van der Waals surface area (Å²) >= 11 is 5.40. The summed E-state index contributed by atoms with van der Waals surface area (Å²) in [4.78, 5) is 11.0. The third-order valence-electron chi connectivity index (χ3n) is 2.02. The molecule has 0 atom stereocenters. The van der Waals surface area contributed by atoms with E-state index in [9.17, 15) is 4.79 Å². The summed E-state index contributed by atoms with van der Waals surface area (Å²) in [6.07, 6.45) is 0. The lowest BCUT2D eigenvalue weighted by atomic mass is 10.1. The number of hydrogen-bond donors (Lipinski definition) is 0. The lowest BCUT2D eigenvalue weighted by Crippen LogP contribution is -1.98. The molecule has 0 spiro atoms. The van der Waals surface area contributed by atoms with Gasteiger partial charge in [0.15, 0.2) is 0 Å². The molecule has 0 fully saturated rings. The summed E-state index contributed by atoms with van der Waals surface area (Å²) in [5.74, 6) is 0.728. The summed E-state index contributed by atoms with van der Waals surface area (Å²) in [5, 5.41) is -0.448. The van der Waals surface area contributed by atoms with Crippen molar-refractivity contribution in [1.29, 1.82) is 0 Å². The van der Waals surface area contributed by atoms with Crippen molar-refractivity contribution in [2.45, 2.75) is 13.8 Å². The summed E-state index contributed by atoms with van der Waals surface area (Å²) in [6.45, 7) is 3.75. The van der Waals surface area contributed by atoms with Crippen LogP contribution in [0.15, 0.2) is 12.1 Å². The van der Waals surface area contributed by atoms with Crippen LogP contribution in [0.4, 0.5) is 0 Å². The SMILES string of the molecule is COc1c(C)ccc(C(=O)Cl)c1C. The maximum absolute atomic E-state index is 11.0. The van der Waals surface area contributed by atoms with Crippen LogP contribution in [-0.2, 0) is 0 Å². The molecule has 0 saturated heterocycles. The second kappa shape index (κ2) is 3.79. The minimum absolute atomic E-state index is 0.448. The predicted molar refractivity (Wildman–Crippen MR) is 52.7 cm³/mol. The topological polar surface area (TPSA) is 26.3 Å². The highest BCUT2D eigenvalue weighted by molar-refractivity contribution is 6.67. The van der Waals surface area contributed by atoms with Crippen molar-refractivity contribution in [3.63, 3.8) is 0 Å². The summed E-state index contributed by atoms with van der Waals surface area (Å²) in [7, 11) is 1.58. The fourth-order valence-electron chi connectivity index (χ4n) is 1.35. The zero-order valence-electron chi connectivity index (χ0n) is 7.85.